The van der Waals surface area contributed by atoms with Gasteiger partial charge in [-0.25, -0.2) is 0 Å². The fourth-order valence-electron chi connectivity index (χ4n) is 2.94. The first-order chi connectivity index (χ1) is 13.5. The first-order valence-corrected chi connectivity index (χ1v) is 9.34. The zero-order chi connectivity index (χ0) is 20.1. The lowest BCUT2D eigenvalue weighted by Crippen LogP contribution is -2.34. The van der Waals surface area contributed by atoms with Gasteiger partial charge in [-0.2, -0.15) is 4.98 Å². The van der Waals surface area contributed by atoms with Crippen LogP contribution >= 0.6 is 0 Å². The zero-order valence-corrected chi connectivity index (χ0v) is 16.7. The predicted molar refractivity (Wildman–Crippen MR) is 107 cm³/mol. The second-order valence-electron chi connectivity index (χ2n) is 6.78. The van der Waals surface area contributed by atoms with E-state index >= 15 is 0 Å². The number of likely N-dealkylation sites (N-methyl/N-ethyl adjacent to an activating group) is 1. The van der Waals surface area contributed by atoms with Crippen molar-refractivity contribution in [2.24, 2.45) is 0 Å². The van der Waals surface area contributed by atoms with Crippen molar-refractivity contribution in [3.05, 3.63) is 65.0 Å². The molecule has 0 aliphatic heterocycles. The minimum atomic E-state index is -0.125. The van der Waals surface area contributed by atoms with Crippen LogP contribution < -0.4 is 4.74 Å². The fourth-order valence-corrected chi connectivity index (χ4v) is 2.94. The number of nitrogens with zero attached hydrogens (tertiary/aromatic N) is 3. The molecule has 0 fully saturated rings. The van der Waals surface area contributed by atoms with Crippen molar-refractivity contribution in [1.29, 1.82) is 0 Å². The molecule has 146 valence electrons. The van der Waals surface area contributed by atoms with Crippen molar-refractivity contribution < 1.29 is 14.1 Å². The van der Waals surface area contributed by atoms with Crippen LogP contribution in [0.5, 0.6) is 5.75 Å². The van der Waals surface area contributed by atoms with Gasteiger partial charge in [0.15, 0.2) is 6.61 Å². The number of hydrogen-bond donors (Lipinski definition) is 0. The van der Waals surface area contributed by atoms with Crippen LogP contribution in [0.1, 0.15) is 29.5 Å². The van der Waals surface area contributed by atoms with Gasteiger partial charge in [-0.3, -0.25) is 4.79 Å². The number of benzene rings is 2. The fraction of sp³-hybridized carbons (Fsp3) is 0.318. The van der Waals surface area contributed by atoms with Crippen LogP contribution in [0.15, 0.2) is 47.0 Å². The minimum absolute atomic E-state index is 0.0305. The second kappa shape index (κ2) is 8.69. The lowest BCUT2D eigenvalue weighted by molar-refractivity contribution is -0.134. The molecule has 0 N–H and O–H groups in total. The number of rotatable bonds is 7. The molecule has 0 saturated carbocycles. The van der Waals surface area contributed by atoms with E-state index in [1.165, 1.54) is 0 Å². The molecule has 0 spiro atoms. The molecule has 1 amide bonds. The van der Waals surface area contributed by atoms with E-state index in [0.717, 1.165) is 28.0 Å². The number of amides is 1. The molecule has 0 saturated heterocycles. The van der Waals surface area contributed by atoms with Gasteiger partial charge in [0.25, 0.3) is 5.91 Å². The molecule has 1 heterocycles. The third kappa shape index (κ3) is 4.57. The van der Waals surface area contributed by atoms with E-state index in [-0.39, 0.29) is 19.1 Å². The number of ether oxygens (including phenoxy) is 1. The van der Waals surface area contributed by atoms with Crippen LogP contribution in [-0.2, 0) is 11.3 Å². The van der Waals surface area contributed by atoms with Crippen molar-refractivity contribution in [2.45, 2.75) is 34.2 Å². The molecule has 0 atom stereocenters. The summed E-state index contributed by atoms with van der Waals surface area (Å²) in [6, 6.07) is 13.6. The number of hydrogen-bond acceptors (Lipinski definition) is 5. The highest BCUT2D eigenvalue weighted by Crippen LogP contribution is 2.23. The Morgan fingerprint density at radius 2 is 1.89 bits per heavy atom. The standard InChI is InChI=1S/C22H25N3O3/c1-5-25(13-20-23-22(24-28-20)18-9-7-6-8-10-18)21(26)14-27-19-12-15(2)11-16(3)17(19)4/h6-12H,5,13-14H2,1-4H3. The molecule has 0 bridgehead atoms. The van der Waals surface area contributed by atoms with Gasteiger partial charge in [0.2, 0.25) is 11.7 Å². The second-order valence-corrected chi connectivity index (χ2v) is 6.78. The van der Waals surface area contributed by atoms with Crippen molar-refractivity contribution in [3.8, 4) is 17.1 Å². The SMILES string of the molecule is CCN(Cc1nc(-c2ccccc2)no1)C(=O)COc1cc(C)cc(C)c1C. The largest absolute Gasteiger partial charge is 0.483 e. The molecule has 0 aliphatic rings. The third-order valence-corrected chi connectivity index (χ3v) is 4.68. The Bertz CT molecular complexity index is 951. The summed E-state index contributed by atoms with van der Waals surface area (Å²) in [5, 5.41) is 4.00. The van der Waals surface area contributed by atoms with Crippen LogP contribution in [0, 0.1) is 20.8 Å². The topological polar surface area (TPSA) is 68.5 Å². The number of carbonyl (C=O) groups is 1. The first-order valence-electron chi connectivity index (χ1n) is 9.34. The number of aryl methyl sites for hydroxylation is 2. The quantitative estimate of drug-likeness (QED) is 0.618. The molecule has 3 rings (SSSR count). The normalized spacial score (nSPS) is 10.7. The summed E-state index contributed by atoms with van der Waals surface area (Å²) in [6.07, 6.45) is 0. The molecular formula is C22H25N3O3. The predicted octanol–water partition coefficient (Wildman–Crippen LogP) is 4.09. The smallest absolute Gasteiger partial charge is 0.260 e. The third-order valence-electron chi connectivity index (χ3n) is 4.68. The highest BCUT2D eigenvalue weighted by molar-refractivity contribution is 5.77. The molecule has 0 radical (unpaired) electrons. The Kier molecular flexibility index (Phi) is 6.09. The Morgan fingerprint density at radius 1 is 1.14 bits per heavy atom. The molecule has 1 aromatic heterocycles. The Morgan fingerprint density at radius 3 is 2.61 bits per heavy atom. The van der Waals surface area contributed by atoms with E-state index < -0.39 is 0 Å². The van der Waals surface area contributed by atoms with Crippen molar-refractivity contribution in [3.63, 3.8) is 0 Å². The maximum absolute atomic E-state index is 12.6. The summed E-state index contributed by atoms with van der Waals surface area (Å²) in [6.45, 7) is 8.71. The van der Waals surface area contributed by atoms with Crippen LogP contribution in [0.2, 0.25) is 0 Å². The van der Waals surface area contributed by atoms with E-state index in [1.807, 2.05) is 64.1 Å². The van der Waals surface area contributed by atoms with Crippen LogP contribution in [-0.4, -0.2) is 34.1 Å². The van der Waals surface area contributed by atoms with Gasteiger partial charge in [0.1, 0.15) is 12.3 Å². The molecular weight excluding hydrogens is 354 g/mol. The van der Waals surface area contributed by atoms with Gasteiger partial charge in [-0.15, -0.1) is 0 Å². The van der Waals surface area contributed by atoms with Crippen molar-refractivity contribution in [1.82, 2.24) is 15.0 Å². The lowest BCUT2D eigenvalue weighted by Gasteiger charge is -2.19. The maximum atomic E-state index is 12.6. The highest BCUT2D eigenvalue weighted by atomic mass is 16.5. The lowest BCUT2D eigenvalue weighted by atomic mass is 10.1. The first kappa shape index (κ1) is 19.6. The summed E-state index contributed by atoms with van der Waals surface area (Å²) in [5.41, 5.74) is 4.18. The van der Waals surface area contributed by atoms with Gasteiger partial charge in [0.05, 0.1) is 0 Å². The van der Waals surface area contributed by atoms with Gasteiger partial charge >= 0.3 is 0 Å². The molecule has 6 heteroatoms. The van der Waals surface area contributed by atoms with Crippen LogP contribution in [0.4, 0.5) is 0 Å². The molecule has 2 aromatic carbocycles. The molecule has 6 nitrogen and oxygen atoms in total. The number of aromatic nitrogens is 2. The van der Waals surface area contributed by atoms with Crippen molar-refractivity contribution >= 4 is 5.91 Å². The van der Waals surface area contributed by atoms with Gasteiger partial charge in [-0.1, -0.05) is 41.6 Å². The number of carbonyl (C=O) groups excluding carboxylic acids is 1. The summed E-state index contributed by atoms with van der Waals surface area (Å²) in [4.78, 5) is 18.7. The van der Waals surface area contributed by atoms with Crippen LogP contribution in [0.3, 0.4) is 0 Å². The van der Waals surface area contributed by atoms with Gasteiger partial charge in [0, 0.05) is 12.1 Å². The summed E-state index contributed by atoms with van der Waals surface area (Å²) in [7, 11) is 0. The average molecular weight is 379 g/mol. The molecule has 3 aromatic rings. The van der Waals surface area contributed by atoms with E-state index in [9.17, 15) is 4.79 Å². The van der Waals surface area contributed by atoms with E-state index in [2.05, 4.69) is 16.2 Å². The van der Waals surface area contributed by atoms with E-state index in [0.29, 0.717) is 18.3 Å². The molecule has 0 aliphatic carbocycles. The van der Waals surface area contributed by atoms with E-state index in [4.69, 9.17) is 9.26 Å². The Hall–Kier alpha value is -3.15. The Labute approximate surface area is 165 Å². The highest BCUT2D eigenvalue weighted by Gasteiger charge is 2.18. The summed E-state index contributed by atoms with van der Waals surface area (Å²) < 4.78 is 11.1. The summed E-state index contributed by atoms with van der Waals surface area (Å²) in [5.74, 6) is 1.53. The monoisotopic (exact) mass is 379 g/mol. The van der Waals surface area contributed by atoms with Gasteiger partial charge in [-0.05, 0) is 50.5 Å². The van der Waals surface area contributed by atoms with E-state index in [1.54, 1.807) is 4.90 Å². The average Bonchev–Trinajstić information content (AvgIpc) is 3.17. The van der Waals surface area contributed by atoms with Crippen LogP contribution in [0.25, 0.3) is 11.4 Å². The molecule has 28 heavy (non-hydrogen) atoms. The summed E-state index contributed by atoms with van der Waals surface area (Å²) >= 11 is 0. The maximum Gasteiger partial charge on any atom is 0.260 e. The minimum Gasteiger partial charge on any atom is -0.483 e. The van der Waals surface area contributed by atoms with Crippen molar-refractivity contribution in [2.75, 3.05) is 13.2 Å². The molecule has 0 unspecified atom stereocenters. The zero-order valence-electron chi connectivity index (χ0n) is 16.7. The Balaban J connectivity index is 1.64. The van der Waals surface area contributed by atoms with Gasteiger partial charge < -0.3 is 14.2 Å².